The van der Waals surface area contributed by atoms with Crippen LogP contribution in [0.25, 0.3) is 11.4 Å². The third-order valence-electron chi connectivity index (χ3n) is 4.58. The fourth-order valence-corrected chi connectivity index (χ4v) is 3.50. The van der Waals surface area contributed by atoms with Gasteiger partial charge in [0, 0.05) is 24.7 Å². The van der Waals surface area contributed by atoms with E-state index in [1.54, 1.807) is 6.07 Å². The van der Waals surface area contributed by atoms with Gasteiger partial charge in [-0.1, -0.05) is 12.1 Å². The number of hydrogen-bond acceptors (Lipinski definition) is 4. The summed E-state index contributed by atoms with van der Waals surface area (Å²) in [5, 5.41) is 3.41. The fraction of sp³-hybridized carbons (Fsp3) is 0.412. The van der Waals surface area contributed by atoms with Crippen LogP contribution in [0.3, 0.4) is 0 Å². The topological polar surface area (TPSA) is 41.1 Å². The number of nitrogens with zero attached hydrogens (tertiary/aromatic N) is 3. The number of alkyl halides is 3. The van der Waals surface area contributed by atoms with Crippen molar-refractivity contribution in [1.29, 1.82) is 0 Å². The Kier molecular flexibility index (Phi) is 3.40. The first-order chi connectivity index (χ1) is 11.4. The molecule has 4 rings (SSSR count). The van der Waals surface area contributed by atoms with Gasteiger partial charge < -0.3 is 10.2 Å². The molecule has 1 atom stereocenters. The molecule has 1 aromatic carbocycles. The fourth-order valence-electron chi connectivity index (χ4n) is 3.50. The van der Waals surface area contributed by atoms with Gasteiger partial charge in [0.2, 0.25) is 0 Å². The molecule has 2 aliphatic heterocycles. The minimum absolute atomic E-state index is 0.325. The molecule has 1 aromatic heterocycles. The van der Waals surface area contributed by atoms with E-state index in [1.807, 2.05) is 6.92 Å². The van der Waals surface area contributed by atoms with Crippen molar-refractivity contribution >= 4 is 11.5 Å². The van der Waals surface area contributed by atoms with Crippen LogP contribution in [-0.4, -0.2) is 29.1 Å². The molecule has 2 bridgehead atoms. The maximum atomic E-state index is 12.9. The van der Waals surface area contributed by atoms with Crippen LogP contribution in [-0.2, 0) is 6.18 Å². The van der Waals surface area contributed by atoms with Gasteiger partial charge in [0.1, 0.15) is 5.69 Å². The summed E-state index contributed by atoms with van der Waals surface area (Å²) < 4.78 is 38.8. The van der Waals surface area contributed by atoms with Crippen molar-refractivity contribution < 1.29 is 13.2 Å². The van der Waals surface area contributed by atoms with E-state index in [-0.39, 0.29) is 0 Å². The monoisotopic (exact) mass is 334 g/mol. The molecule has 0 radical (unpaired) electrons. The van der Waals surface area contributed by atoms with Crippen molar-refractivity contribution in [1.82, 2.24) is 9.97 Å². The second kappa shape index (κ2) is 5.36. The van der Waals surface area contributed by atoms with E-state index in [0.717, 1.165) is 55.3 Å². The minimum atomic E-state index is -4.37. The standard InChI is InChI=1S/C17H17F3N4/c1-10-14-16(22-13-6-3-7-24(14)9-13)23-15(21-10)11-4-2-5-12(8-11)17(18,19)20/h2,4-5,8,13H,3,6-7,9H2,1H3,(H,21,22,23). The minimum Gasteiger partial charge on any atom is -0.365 e. The van der Waals surface area contributed by atoms with Crippen molar-refractivity contribution in [3.63, 3.8) is 0 Å². The molecule has 24 heavy (non-hydrogen) atoms. The lowest BCUT2D eigenvalue weighted by Crippen LogP contribution is -2.47. The predicted octanol–water partition coefficient (Wildman–Crippen LogP) is 3.87. The Morgan fingerprint density at radius 1 is 1.25 bits per heavy atom. The van der Waals surface area contributed by atoms with Crippen LogP contribution in [0, 0.1) is 6.92 Å². The third kappa shape index (κ3) is 2.57. The summed E-state index contributed by atoms with van der Waals surface area (Å²) in [6.45, 7) is 3.78. The molecule has 1 N–H and O–H groups in total. The quantitative estimate of drug-likeness (QED) is 0.860. The summed E-state index contributed by atoms with van der Waals surface area (Å²) in [6.07, 6.45) is -2.18. The molecular weight excluding hydrogens is 317 g/mol. The average Bonchev–Trinajstić information content (AvgIpc) is 2.53. The zero-order valence-corrected chi connectivity index (χ0v) is 13.2. The highest BCUT2D eigenvalue weighted by Crippen LogP contribution is 2.37. The predicted molar refractivity (Wildman–Crippen MR) is 86.1 cm³/mol. The Morgan fingerprint density at radius 3 is 2.88 bits per heavy atom. The van der Waals surface area contributed by atoms with Gasteiger partial charge in [-0.15, -0.1) is 0 Å². The summed E-state index contributed by atoms with van der Waals surface area (Å²) in [7, 11) is 0. The summed E-state index contributed by atoms with van der Waals surface area (Å²) in [5.74, 6) is 1.05. The second-order valence-electron chi connectivity index (χ2n) is 6.34. The number of rotatable bonds is 1. The lowest BCUT2D eigenvalue weighted by Gasteiger charge is -2.41. The summed E-state index contributed by atoms with van der Waals surface area (Å²) >= 11 is 0. The Morgan fingerprint density at radius 2 is 2.08 bits per heavy atom. The second-order valence-corrected chi connectivity index (χ2v) is 6.34. The van der Waals surface area contributed by atoms with Crippen molar-refractivity contribution in [2.75, 3.05) is 23.3 Å². The molecule has 2 aliphatic rings. The SMILES string of the molecule is Cc1nc(-c2cccc(C(F)(F)F)c2)nc2c1N1CCCC(C1)N2. The van der Waals surface area contributed by atoms with Gasteiger partial charge >= 0.3 is 6.18 Å². The van der Waals surface area contributed by atoms with Crippen LogP contribution in [0.15, 0.2) is 24.3 Å². The van der Waals surface area contributed by atoms with E-state index in [2.05, 4.69) is 20.2 Å². The van der Waals surface area contributed by atoms with E-state index >= 15 is 0 Å². The molecule has 0 spiro atoms. The first-order valence-electron chi connectivity index (χ1n) is 7.99. The van der Waals surface area contributed by atoms with Gasteiger partial charge in [0.15, 0.2) is 11.6 Å². The average molecular weight is 334 g/mol. The molecule has 0 saturated carbocycles. The number of hydrogen-bond donors (Lipinski definition) is 1. The van der Waals surface area contributed by atoms with Crippen LogP contribution in [0.4, 0.5) is 24.7 Å². The highest BCUT2D eigenvalue weighted by molar-refractivity contribution is 5.74. The Labute approximate surface area is 137 Å². The number of nitrogens with one attached hydrogen (secondary N) is 1. The lowest BCUT2D eigenvalue weighted by atomic mass is 10.0. The molecule has 4 nitrogen and oxygen atoms in total. The van der Waals surface area contributed by atoms with Crippen LogP contribution in [0.2, 0.25) is 0 Å². The normalized spacial score (nSPS) is 19.7. The van der Waals surface area contributed by atoms with Gasteiger partial charge in [-0.25, -0.2) is 9.97 Å². The van der Waals surface area contributed by atoms with E-state index in [4.69, 9.17) is 0 Å². The molecule has 126 valence electrons. The molecule has 7 heteroatoms. The van der Waals surface area contributed by atoms with Crippen LogP contribution >= 0.6 is 0 Å². The molecule has 3 heterocycles. The van der Waals surface area contributed by atoms with E-state index in [1.165, 1.54) is 6.07 Å². The molecule has 1 saturated heterocycles. The summed E-state index contributed by atoms with van der Waals surface area (Å²) in [5.41, 5.74) is 1.46. The summed E-state index contributed by atoms with van der Waals surface area (Å²) in [4.78, 5) is 11.3. The maximum absolute atomic E-state index is 12.9. The van der Waals surface area contributed by atoms with Gasteiger partial charge in [-0.05, 0) is 31.9 Å². The first-order valence-corrected chi connectivity index (χ1v) is 7.99. The van der Waals surface area contributed by atoms with Crippen molar-refractivity contribution in [2.24, 2.45) is 0 Å². The van der Waals surface area contributed by atoms with Crippen LogP contribution in [0.1, 0.15) is 24.1 Å². The van der Waals surface area contributed by atoms with E-state index in [0.29, 0.717) is 17.4 Å². The van der Waals surface area contributed by atoms with Crippen LogP contribution in [0.5, 0.6) is 0 Å². The number of fused-ring (bicyclic) bond motifs is 4. The lowest BCUT2D eigenvalue weighted by molar-refractivity contribution is -0.137. The zero-order valence-electron chi connectivity index (χ0n) is 13.2. The first kappa shape index (κ1) is 15.2. The number of halogens is 3. The van der Waals surface area contributed by atoms with E-state index < -0.39 is 11.7 Å². The van der Waals surface area contributed by atoms with Gasteiger partial charge in [0.05, 0.1) is 11.3 Å². The van der Waals surface area contributed by atoms with Gasteiger partial charge in [0.25, 0.3) is 0 Å². The molecule has 0 aliphatic carbocycles. The van der Waals surface area contributed by atoms with Gasteiger partial charge in [-0.2, -0.15) is 13.2 Å². The smallest absolute Gasteiger partial charge is 0.365 e. The Balaban J connectivity index is 1.78. The molecular formula is C17H17F3N4. The zero-order chi connectivity index (χ0) is 16.9. The Hall–Kier alpha value is -2.31. The van der Waals surface area contributed by atoms with Gasteiger partial charge in [-0.3, -0.25) is 0 Å². The molecule has 0 amide bonds. The third-order valence-corrected chi connectivity index (χ3v) is 4.58. The van der Waals surface area contributed by atoms with Crippen molar-refractivity contribution in [3.05, 3.63) is 35.5 Å². The van der Waals surface area contributed by atoms with E-state index in [9.17, 15) is 13.2 Å². The molecule has 1 unspecified atom stereocenters. The number of aryl methyl sites for hydroxylation is 1. The Bertz CT molecular complexity index is 788. The number of aromatic nitrogens is 2. The van der Waals surface area contributed by atoms with Crippen molar-refractivity contribution in [3.8, 4) is 11.4 Å². The largest absolute Gasteiger partial charge is 0.416 e. The van der Waals surface area contributed by atoms with Crippen molar-refractivity contribution in [2.45, 2.75) is 32.0 Å². The maximum Gasteiger partial charge on any atom is 0.416 e. The number of piperidine rings is 1. The highest BCUT2D eigenvalue weighted by Gasteiger charge is 2.32. The molecule has 2 aromatic rings. The molecule has 1 fully saturated rings. The number of benzene rings is 1. The number of anilines is 2. The highest BCUT2D eigenvalue weighted by atomic mass is 19.4. The summed E-state index contributed by atoms with van der Waals surface area (Å²) in [6, 6.07) is 5.51. The van der Waals surface area contributed by atoms with Crippen LogP contribution < -0.4 is 10.2 Å².